The normalized spacial score (nSPS) is 24.4. The van der Waals surface area contributed by atoms with E-state index in [1.807, 2.05) is 0 Å². The summed E-state index contributed by atoms with van der Waals surface area (Å²) in [5.74, 6) is 2.23. The SMILES string of the molecule is Cc1ccc(SCC(=O)N2C[C@H]3CNC[C@H]3C2)cc1.Cl. The average Bonchev–Trinajstić information content (AvgIpc) is 2.98. The maximum atomic E-state index is 12.2. The first-order valence-corrected chi connectivity index (χ1v) is 7.89. The molecule has 1 amide bonds. The van der Waals surface area contributed by atoms with Crippen molar-refractivity contribution in [1.82, 2.24) is 10.2 Å². The fourth-order valence-electron chi connectivity index (χ4n) is 2.93. The lowest BCUT2D eigenvalue weighted by atomic mass is 10.0. The Morgan fingerprint density at radius 1 is 1.25 bits per heavy atom. The third kappa shape index (κ3) is 3.48. The van der Waals surface area contributed by atoms with Gasteiger partial charge in [0.2, 0.25) is 5.91 Å². The van der Waals surface area contributed by atoms with Crippen LogP contribution >= 0.6 is 24.2 Å². The zero-order valence-electron chi connectivity index (χ0n) is 11.7. The number of likely N-dealkylation sites (tertiary alicyclic amines) is 1. The molecule has 2 heterocycles. The molecule has 1 aromatic rings. The predicted molar refractivity (Wildman–Crippen MR) is 85.6 cm³/mol. The number of carbonyl (C=O) groups excluding carboxylic acids is 1. The number of nitrogens with zero attached hydrogens (tertiary/aromatic N) is 1. The largest absolute Gasteiger partial charge is 0.341 e. The zero-order chi connectivity index (χ0) is 13.2. The highest BCUT2D eigenvalue weighted by molar-refractivity contribution is 8.00. The Labute approximate surface area is 130 Å². The summed E-state index contributed by atoms with van der Waals surface area (Å²) in [5.41, 5.74) is 1.26. The molecule has 0 aliphatic carbocycles. The number of aryl methyl sites for hydroxylation is 1. The summed E-state index contributed by atoms with van der Waals surface area (Å²) in [6.45, 7) is 6.14. The Hall–Kier alpha value is -0.710. The molecule has 0 bridgehead atoms. The molecule has 3 rings (SSSR count). The van der Waals surface area contributed by atoms with E-state index in [-0.39, 0.29) is 12.4 Å². The van der Waals surface area contributed by atoms with Crippen molar-refractivity contribution in [3.63, 3.8) is 0 Å². The molecule has 1 N–H and O–H groups in total. The molecule has 0 radical (unpaired) electrons. The molecule has 0 unspecified atom stereocenters. The second kappa shape index (κ2) is 6.83. The molecule has 0 aromatic heterocycles. The summed E-state index contributed by atoms with van der Waals surface area (Å²) in [4.78, 5) is 15.4. The number of hydrogen-bond donors (Lipinski definition) is 1. The second-order valence-electron chi connectivity index (χ2n) is 5.58. The number of carbonyl (C=O) groups is 1. The molecule has 5 heteroatoms. The first kappa shape index (κ1) is 15.7. The predicted octanol–water partition coefficient (Wildman–Crippen LogP) is 2.19. The van der Waals surface area contributed by atoms with E-state index in [9.17, 15) is 4.79 Å². The number of hydrogen-bond acceptors (Lipinski definition) is 3. The molecule has 0 saturated carbocycles. The van der Waals surface area contributed by atoms with Crippen molar-refractivity contribution in [2.45, 2.75) is 11.8 Å². The van der Waals surface area contributed by atoms with Gasteiger partial charge in [0.25, 0.3) is 0 Å². The van der Waals surface area contributed by atoms with Gasteiger partial charge in [-0.3, -0.25) is 4.79 Å². The first-order valence-electron chi connectivity index (χ1n) is 6.90. The maximum absolute atomic E-state index is 12.2. The van der Waals surface area contributed by atoms with Gasteiger partial charge in [0.15, 0.2) is 0 Å². The summed E-state index contributed by atoms with van der Waals surface area (Å²) in [5, 5.41) is 3.40. The van der Waals surface area contributed by atoms with Crippen LogP contribution in [-0.2, 0) is 4.79 Å². The van der Waals surface area contributed by atoms with Gasteiger partial charge in [0, 0.05) is 31.1 Å². The lowest BCUT2D eigenvalue weighted by Crippen LogP contribution is -2.33. The highest BCUT2D eigenvalue weighted by Crippen LogP contribution is 2.27. The highest BCUT2D eigenvalue weighted by atomic mass is 35.5. The molecule has 2 atom stereocenters. The minimum atomic E-state index is 0. The van der Waals surface area contributed by atoms with Gasteiger partial charge in [-0.25, -0.2) is 0 Å². The summed E-state index contributed by atoms with van der Waals surface area (Å²) in [6, 6.07) is 8.38. The monoisotopic (exact) mass is 312 g/mol. The molecule has 2 aliphatic rings. The number of nitrogens with one attached hydrogen (secondary N) is 1. The van der Waals surface area contributed by atoms with Crippen molar-refractivity contribution < 1.29 is 4.79 Å². The minimum Gasteiger partial charge on any atom is -0.341 e. The number of fused-ring (bicyclic) bond motifs is 1. The van der Waals surface area contributed by atoms with E-state index in [0.717, 1.165) is 26.2 Å². The van der Waals surface area contributed by atoms with Gasteiger partial charge >= 0.3 is 0 Å². The van der Waals surface area contributed by atoms with Crippen molar-refractivity contribution in [3.05, 3.63) is 29.8 Å². The van der Waals surface area contributed by atoms with Gasteiger partial charge in [0.05, 0.1) is 5.75 Å². The van der Waals surface area contributed by atoms with Crippen LogP contribution in [0.2, 0.25) is 0 Å². The number of rotatable bonds is 3. The van der Waals surface area contributed by atoms with Gasteiger partial charge in [-0.05, 0) is 30.9 Å². The molecule has 2 saturated heterocycles. The molecule has 3 nitrogen and oxygen atoms in total. The maximum Gasteiger partial charge on any atom is 0.232 e. The lowest BCUT2D eigenvalue weighted by Gasteiger charge is -2.17. The summed E-state index contributed by atoms with van der Waals surface area (Å²) in [7, 11) is 0. The number of benzene rings is 1. The van der Waals surface area contributed by atoms with Crippen molar-refractivity contribution >= 4 is 30.1 Å². The fraction of sp³-hybridized carbons (Fsp3) is 0.533. The molecular formula is C15H21ClN2OS. The van der Waals surface area contributed by atoms with E-state index in [2.05, 4.69) is 41.4 Å². The van der Waals surface area contributed by atoms with E-state index >= 15 is 0 Å². The van der Waals surface area contributed by atoms with Gasteiger partial charge in [-0.2, -0.15) is 0 Å². The molecule has 0 spiro atoms. The van der Waals surface area contributed by atoms with Crippen LogP contribution in [0.1, 0.15) is 5.56 Å². The van der Waals surface area contributed by atoms with Crippen molar-refractivity contribution in [3.8, 4) is 0 Å². The van der Waals surface area contributed by atoms with Gasteiger partial charge in [-0.15, -0.1) is 24.2 Å². The van der Waals surface area contributed by atoms with E-state index < -0.39 is 0 Å². The number of amides is 1. The van der Waals surface area contributed by atoms with E-state index in [4.69, 9.17) is 0 Å². The van der Waals surface area contributed by atoms with Crippen molar-refractivity contribution in [2.75, 3.05) is 31.9 Å². The van der Waals surface area contributed by atoms with Gasteiger partial charge in [0.1, 0.15) is 0 Å². The van der Waals surface area contributed by atoms with Gasteiger partial charge < -0.3 is 10.2 Å². The Balaban J connectivity index is 0.00000147. The average molecular weight is 313 g/mol. The van der Waals surface area contributed by atoms with Crippen LogP contribution < -0.4 is 5.32 Å². The van der Waals surface area contributed by atoms with Crippen LogP contribution in [0.25, 0.3) is 0 Å². The molecule has 20 heavy (non-hydrogen) atoms. The van der Waals surface area contributed by atoms with Gasteiger partial charge in [-0.1, -0.05) is 17.7 Å². The minimum absolute atomic E-state index is 0. The third-order valence-electron chi connectivity index (χ3n) is 4.13. The smallest absolute Gasteiger partial charge is 0.232 e. The summed E-state index contributed by atoms with van der Waals surface area (Å²) in [6.07, 6.45) is 0. The van der Waals surface area contributed by atoms with E-state index in [1.54, 1.807) is 11.8 Å². The lowest BCUT2D eigenvalue weighted by molar-refractivity contribution is -0.127. The van der Waals surface area contributed by atoms with Crippen LogP contribution in [0.5, 0.6) is 0 Å². The summed E-state index contributed by atoms with van der Waals surface area (Å²) < 4.78 is 0. The number of thioether (sulfide) groups is 1. The Morgan fingerprint density at radius 3 is 2.45 bits per heavy atom. The Morgan fingerprint density at radius 2 is 1.85 bits per heavy atom. The first-order chi connectivity index (χ1) is 9.22. The van der Waals surface area contributed by atoms with Crippen LogP contribution in [0.3, 0.4) is 0 Å². The molecular weight excluding hydrogens is 292 g/mol. The van der Waals surface area contributed by atoms with E-state index in [1.165, 1.54) is 10.5 Å². The third-order valence-corrected chi connectivity index (χ3v) is 5.12. The molecule has 2 aliphatic heterocycles. The quantitative estimate of drug-likeness (QED) is 0.868. The van der Waals surface area contributed by atoms with E-state index in [0.29, 0.717) is 23.5 Å². The second-order valence-corrected chi connectivity index (χ2v) is 6.63. The Kier molecular flexibility index (Phi) is 5.35. The zero-order valence-corrected chi connectivity index (χ0v) is 13.3. The van der Waals surface area contributed by atoms with Crippen LogP contribution in [0.4, 0.5) is 0 Å². The highest BCUT2D eigenvalue weighted by Gasteiger charge is 2.37. The molecule has 2 fully saturated rings. The van der Waals surface area contributed by atoms with Crippen LogP contribution in [-0.4, -0.2) is 42.7 Å². The van der Waals surface area contributed by atoms with Crippen LogP contribution in [0.15, 0.2) is 29.2 Å². The van der Waals surface area contributed by atoms with Crippen LogP contribution in [0, 0.1) is 18.8 Å². The number of halogens is 1. The fourth-order valence-corrected chi connectivity index (χ4v) is 3.73. The summed E-state index contributed by atoms with van der Waals surface area (Å²) >= 11 is 1.65. The Bertz CT molecular complexity index is 453. The van der Waals surface area contributed by atoms with Crippen molar-refractivity contribution in [1.29, 1.82) is 0 Å². The topological polar surface area (TPSA) is 32.3 Å². The molecule has 110 valence electrons. The standard InChI is InChI=1S/C15H20N2OS.ClH/c1-11-2-4-14(5-3-11)19-10-15(18)17-8-12-6-16-7-13(12)9-17;/h2-5,12-13,16H,6-10H2,1H3;1H/t12-,13+;. The van der Waals surface area contributed by atoms with Crippen molar-refractivity contribution in [2.24, 2.45) is 11.8 Å². The molecule has 1 aromatic carbocycles.